The molecule has 0 radical (unpaired) electrons. The van der Waals surface area contributed by atoms with Gasteiger partial charge in [-0.1, -0.05) is 17.7 Å². The second-order valence-corrected chi connectivity index (χ2v) is 10.3. The first-order valence-electron chi connectivity index (χ1n) is 12.2. The number of hydrogen-bond acceptors (Lipinski definition) is 6. The Hall–Kier alpha value is -3.27. The molecule has 0 unspecified atom stereocenters. The summed E-state index contributed by atoms with van der Waals surface area (Å²) in [5.74, 6) is -2.72. The highest BCUT2D eigenvalue weighted by molar-refractivity contribution is 6.29. The lowest BCUT2D eigenvalue weighted by Crippen LogP contribution is -2.42. The van der Waals surface area contributed by atoms with E-state index in [4.69, 9.17) is 16.6 Å². The number of aromatic nitrogens is 3. The largest absolute Gasteiger partial charge is 0.377 e. The highest BCUT2D eigenvalue weighted by Gasteiger charge is 2.35. The monoisotopic (exact) mass is 532 g/mol. The number of alkyl halides is 2. The van der Waals surface area contributed by atoms with Gasteiger partial charge in [0.2, 0.25) is 5.95 Å². The third-order valence-electron chi connectivity index (χ3n) is 6.44. The van der Waals surface area contributed by atoms with Crippen LogP contribution < -0.4 is 21.1 Å². The van der Waals surface area contributed by atoms with Crippen LogP contribution in [-0.4, -0.2) is 45.5 Å². The van der Waals surface area contributed by atoms with Crippen LogP contribution >= 0.6 is 11.6 Å². The van der Waals surface area contributed by atoms with E-state index in [-0.39, 0.29) is 60.3 Å². The number of nitrogens with zero attached hydrogens (tertiary/aromatic N) is 4. The summed E-state index contributed by atoms with van der Waals surface area (Å²) in [5.41, 5.74) is 2.47. The molecule has 1 fully saturated rings. The Labute approximate surface area is 219 Å². The van der Waals surface area contributed by atoms with Gasteiger partial charge in [-0.25, -0.2) is 18.7 Å². The molecule has 2 aromatic heterocycles. The van der Waals surface area contributed by atoms with Crippen molar-refractivity contribution in [1.82, 2.24) is 19.9 Å². The predicted octanol–water partition coefficient (Wildman–Crippen LogP) is 4.84. The topological polar surface area (TPSA) is 92.1 Å². The Morgan fingerprint density at radius 2 is 1.81 bits per heavy atom. The van der Waals surface area contributed by atoms with E-state index in [1.807, 2.05) is 33.8 Å². The number of aryl methyl sites for hydroxylation is 1. The fraction of sp³-hybridized carbons (Fsp3) is 0.462. The third kappa shape index (κ3) is 5.69. The van der Waals surface area contributed by atoms with Crippen LogP contribution in [0.15, 0.2) is 29.1 Å². The summed E-state index contributed by atoms with van der Waals surface area (Å²) < 4.78 is 29.0. The van der Waals surface area contributed by atoms with Crippen LogP contribution in [0.1, 0.15) is 61.3 Å². The Balaban J connectivity index is 1.76. The molecule has 37 heavy (non-hydrogen) atoms. The maximum absolute atomic E-state index is 13.8. The minimum Gasteiger partial charge on any atom is -0.377 e. The number of fused-ring (bicyclic) bond motifs is 1. The number of anilines is 2. The normalized spacial score (nSPS) is 16.2. The van der Waals surface area contributed by atoms with Gasteiger partial charge in [-0.2, -0.15) is 0 Å². The standard InChI is InChI=1S/C26H31ClF2N6O2/c1-14(2)30-23(36)22-19(6-7-20(27)32-22)31-16(4)17-12-15(3)13-18-21(17)33-25(34(5)24(18)37)35-10-8-26(28,29)9-11-35/h6-7,12-14,16,31H,8-11H2,1-5H3,(H,30,36)/t16-/m1/s1. The molecule has 198 valence electrons. The summed E-state index contributed by atoms with van der Waals surface area (Å²) in [7, 11) is 1.61. The van der Waals surface area contributed by atoms with Crippen molar-refractivity contribution in [3.05, 3.63) is 56.6 Å². The summed E-state index contributed by atoms with van der Waals surface area (Å²) in [6.45, 7) is 7.71. The number of nitrogens with one attached hydrogen (secondary N) is 2. The maximum Gasteiger partial charge on any atom is 0.272 e. The molecule has 1 saturated heterocycles. The van der Waals surface area contributed by atoms with Gasteiger partial charge in [-0.05, 0) is 51.5 Å². The third-order valence-corrected chi connectivity index (χ3v) is 6.65. The van der Waals surface area contributed by atoms with E-state index in [9.17, 15) is 18.4 Å². The van der Waals surface area contributed by atoms with Crippen LogP contribution in [-0.2, 0) is 7.05 Å². The zero-order chi connectivity index (χ0) is 27.1. The first kappa shape index (κ1) is 26.8. The molecule has 1 aromatic carbocycles. The van der Waals surface area contributed by atoms with Crippen molar-refractivity contribution in [2.45, 2.75) is 58.5 Å². The smallest absolute Gasteiger partial charge is 0.272 e. The van der Waals surface area contributed by atoms with Crippen LogP contribution in [0.4, 0.5) is 20.4 Å². The minimum absolute atomic E-state index is 0.0900. The lowest BCUT2D eigenvalue weighted by Gasteiger charge is -2.33. The highest BCUT2D eigenvalue weighted by Crippen LogP contribution is 2.32. The lowest BCUT2D eigenvalue weighted by molar-refractivity contribution is -0.0223. The molecular formula is C26H31ClF2N6O2. The van der Waals surface area contributed by atoms with Crippen LogP contribution in [0, 0.1) is 6.92 Å². The molecule has 4 rings (SSSR count). The zero-order valence-electron chi connectivity index (χ0n) is 21.5. The van der Waals surface area contributed by atoms with Gasteiger partial charge in [0.25, 0.3) is 17.4 Å². The van der Waals surface area contributed by atoms with Gasteiger partial charge in [-0.3, -0.25) is 14.2 Å². The average molecular weight is 533 g/mol. The number of carbonyl (C=O) groups is 1. The molecule has 8 nitrogen and oxygen atoms in total. The summed E-state index contributed by atoms with van der Waals surface area (Å²) in [6, 6.07) is 6.51. The summed E-state index contributed by atoms with van der Waals surface area (Å²) in [4.78, 5) is 36.9. The quantitative estimate of drug-likeness (QED) is 0.441. The molecular weight excluding hydrogens is 502 g/mol. The summed E-state index contributed by atoms with van der Waals surface area (Å²) in [6.07, 6.45) is -0.575. The van der Waals surface area contributed by atoms with Crippen LogP contribution in [0.25, 0.3) is 10.9 Å². The Bertz CT molecular complexity index is 1400. The van der Waals surface area contributed by atoms with E-state index in [2.05, 4.69) is 15.6 Å². The van der Waals surface area contributed by atoms with E-state index in [1.165, 1.54) is 4.57 Å². The molecule has 0 saturated carbocycles. The van der Waals surface area contributed by atoms with Gasteiger partial charge < -0.3 is 15.5 Å². The van der Waals surface area contributed by atoms with E-state index >= 15 is 0 Å². The van der Waals surface area contributed by atoms with Gasteiger partial charge in [-0.15, -0.1) is 0 Å². The van der Waals surface area contributed by atoms with Crippen molar-refractivity contribution >= 4 is 40.0 Å². The number of piperidine rings is 1. The molecule has 3 aromatic rings. The first-order valence-corrected chi connectivity index (χ1v) is 12.6. The number of pyridine rings is 1. The molecule has 0 bridgehead atoms. The van der Waals surface area contributed by atoms with Crippen LogP contribution in [0.3, 0.4) is 0 Å². The average Bonchev–Trinajstić information content (AvgIpc) is 2.82. The van der Waals surface area contributed by atoms with E-state index in [0.29, 0.717) is 22.5 Å². The van der Waals surface area contributed by atoms with Gasteiger partial charge in [0.15, 0.2) is 5.69 Å². The van der Waals surface area contributed by atoms with Crippen molar-refractivity contribution in [3.63, 3.8) is 0 Å². The maximum atomic E-state index is 13.8. The molecule has 1 aliphatic heterocycles. The van der Waals surface area contributed by atoms with Crippen molar-refractivity contribution in [2.75, 3.05) is 23.3 Å². The molecule has 1 atom stereocenters. The van der Waals surface area contributed by atoms with Crippen molar-refractivity contribution < 1.29 is 13.6 Å². The number of amides is 1. The van der Waals surface area contributed by atoms with Crippen molar-refractivity contribution in [1.29, 1.82) is 0 Å². The van der Waals surface area contributed by atoms with E-state index < -0.39 is 5.92 Å². The Morgan fingerprint density at radius 1 is 1.14 bits per heavy atom. The van der Waals surface area contributed by atoms with Crippen molar-refractivity contribution in [3.8, 4) is 0 Å². The van der Waals surface area contributed by atoms with Gasteiger partial charge in [0, 0.05) is 44.6 Å². The highest BCUT2D eigenvalue weighted by atomic mass is 35.5. The minimum atomic E-state index is -2.71. The number of carbonyl (C=O) groups excluding carboxylic acids is 1. The molecule has 1 amide bonds. The number of benzene rings is 1. The fourth-order valence-corrected chi connectivity index (χ4v) is 4.70. The van der Waals surface area contributed by atoms with E-state index in [1.54, 1.807) is 30.1 Å². The van der Waals surface area contributed by atoms with Crippen molar-refractivity contribution in [2.24, 2.45) is 7.05 Å². The Kier molecular flexibility index (Phi) is 7.41. The summed E-state index contributed by atoms with van der Waals surface area (Å²) in [5, 5.41) is 6.78. The fourth-order valence-electron chi connectivity index (χ4n) is 4.55. The van der Waals surface area contributed by atoms with Crippen LogP contribution in [0.2, 0.25) is 5.15 Å². The molecule has 11 heteroatoms. The Morgan fingerprint density at radius 3 is 2.46 bits per heavy atom. The number of rotatable bonds is 6. The summed E-state index contributed by atoms with van der Waals surface area (Å²) >= 11 is 6.07. The number of halogens is 3. The molecule has 2 N–H and O–H groups in total. The number of hydrogen-bond donors (Lipinski definition) is 2. The zero-order valence-corrected chi connectivity index (χ0v) is 22.3. The van der Waals surface area contributed by atoms with Gasteiger partial charge >= 0.3 is 0 Å². The first-order chi connectivity index (χ1) is 17.4. The second-order valence-electron chi connectivity index (χ2n) is 9.89. The predicted molar refractivity (Wildman–Crippen MR) is 142 cm³/mol. The molecule has 0 spiro atoms. The van der Waals surface area contributed by atoms with Crippen LogP contribution in [0.5, 0.6) is 0 Å². The van der Waals surface area contributed by atoms with Gasteiger partial charge in [0.05, 0.1) is 22.6 Å². The molecule has 1 aliphatic rings. The second kappa shape index (κ2) is 10.2. The molecule has 0 aliphatic carbocycles. The van der Waals surface area contributed by atoms with Gasteiger partial charge in [0.1, 0.15) is 5.15 Å². The SMILES string of the molecule is Cc1cc([C@@H](C)Nc2ccc(Cl)nc2C(=O)NC(C)C)c2nc(N3CCC(F)(F)CC3)n(C)c(=O)c2c1. The molecule has 3 heterocycles. The lowest BCUT2D eigenvalue weighted by atomic mass is 10.0. The van der Waals surface area contributed by atoms with E-state index in [0.717, 1.165) is 11.1 Å².